The molecule has 1 aromatic carbocycles. The second-order valence-electron chi connectivity index (χ2n) is 6.38. The van der Waals surface area contributed by atoms with Crippen molar-refractivity contribution in [3.8, 4) is 11.5 Å². The number of hydrogen-bond acceptors (Lipinski definition) is 4. The highest BCUT2D eigenvalue weighted by atomic mass is 16.5. The van der Waals surface area contributed by atoms with E-state index in [2.05, 4.69) is 15.5 Å². The van der Waals surface area contributed by atoms with Crippen molar-refractivity contribution in [2.24, 2.45) is 0 Å². The van der Waals surface area contributed by atoms with Crippen LogP contribution in [0.4, 0.5) is 4.79 Å². The lowest BCUT2D eigenvalue weighted by Gasteiger charge is -2.14. The van der Waals surface area contributed by atoms with Crippen molar-refractivity contribution < 1.29 is 14.3 Å². The predicted molar refractivity (Wildman–Crippen MR) is 99.6 cm³/mol. The summed E-state index contributed by atoms with van der Waals surface area (Å²) >= 11 is 0. The molecule has 0 bridgehead atoms. The summed E-state index contributed by atoms with van der Waals surface area (Å²) in [5.41, 5.74) is 1.10. The van der Waals surface area contributed by atoms with Crippen LogP contribution in [0.25, 0.3) is 0 Å². The highest BCUT2D eigenvalue weighted by Crippen LogP contribution is 2.27. The van der Waals surface area contributed by atoms with Gasteiger partial charge in [0.2, 0.25) is 0 Å². The average molecular weight is 349 g/mol. The van der Waals surface area contributed by atoms with Crippen molar-refractivity contribution in [2.45, 2.75) is 32.1 Å². The maximum absolute atomic E-state index is 11.8. The van der Waals surface area contributed by atoms with Gasteiger partial charge in [-0.1, -0.05) is 6.07 Å². The molecule has 1 saturated heterocycles. The van der Waals surface area contributed by atoms with Gasteiger partial charge < -0.3 is 25.0 Å². The van der Waals surface area contributed by atoms with E-state index in [1.54, 1.807) is 14.2 Å². The molecule has 0 aromatic heterocycles. The average Bonchev–Trinajstić information content (AvgIpc) is 3.14. The summed E-state index contributed by atoms with van der Waals surface area (Å²) in [6.07, 6.45) is 5.59. The number of amides is 2. The van der Waals surface area contributed by atoms with Crippen LogP contribution in [-0.2, 0) is 6.42 Å². The maximum atomic E-state index is 11.8. The number of carbonyl (C=O) groups is 1. The molecule has 0 saturated carbocycles. The van der Waals surface area contributed by atoms with Crippen LogP contribution in [0.15, 0.2) is 18.2 Å². The van der Waals surface area contributed by atoms with Gasteiger partial charge in [0, 0.05) is 13.1 Å². The molecule has 140 valence electrons. The minimum absolute atomic E-state index is 0.0957. The van der Waals surface area contributed by atoms with Crippen LogP contribution in [0.2, 0.25) is 0 Å². The Balaban J connectivity index is 1.55. The molecule has 2 N–H and O–H groups in total. The molecule has 0 aliphatic carbocycles. The molecule has 2 amide bonds. The first kappa shape index (κ1) is 19.4. The number of rotatable bonds is 10. The lowest BCUT2D eigenvalue weighted by molar-refractivity contribution is 0.240. The fourth-order valence-corrected chi connectivity index (χ4v) is 3.09. The number of nitrogens with zero attached hydrogens (tertiary/aromatic N) is 1. The van der Waals surface area contributed by atoms with Gasteiger partial charge in [-0.3, -0.25) is 0 Å². The molecule has 0 unspecified atom stereocenters. The van der Waals surface area contributed by atoms with Crippen molar-refractivity contribution >= 4 is 6.03 Å². The molecule has 2 rings (SSSR count). The lowest BCUT2D eigenvalue weighted by atomic mass is 10.1. The summed E-state index contributed by atoms with van der Waals surface area (Å²) in [5.74, 6) is 1.42. The first-order valence-corrected chi connectivity index (χ1v) is 9.18. The molecule has 1 aliphatic heterocycles. The van der Waals surface area contributed by atoms with E-state index in [9.17, 15) is 4.79 Å². The number of urea groups is 1. The smallest absolute Gasteiger partial charge is 0.314 e. The molecule has 1 aromatic rings. The predicted octanol–water partition coefficient (Wildman–Crippen LogP) is 2.42. The molecular formula is C19H31N3O3. The zero-order chi connectivity index (χ0) is 17.9. The van der Waals surface area contributed by atoms with Crippen molar-refractivity contribution in [3.63, 3.8) is 0 Å². The van der Waals surface area contributed by atoms with E-state index in [-0.39, 0.29) is 6.03 Å². The highest BCUT2D eigenvalue weighted by Gasteiger charge is 2.10. The van der Waals surface area contributed by atoms with Crippen LogP contribution >= 0.6 is 0 Å². The van der Waals surface area contributed by atoms with Gasteiger partial charge in [-0.05, 0) is 69.4 Å². The number of methoxy groups -OCH3 is 2. The third-order valence-electron chi connectivity index (χ3n) is 4.53. The summed E-state index contributed by atoms with van der Waals surface area (Å²) in [5, 5.41) is 5.82. The van der Waals surface area contributed by atoms with Gasteiger partial charge >= 0.3 is 6.03 Å². The molecule has 0 spiro atoms. The molecular weight excluding hydrogens is 318 g/mol. The van der Waals surface area contributed by atoms with Crippen molar-refractivity contribution in [3.05, 3.63) is 23.8 Å². The van der Waals surface area contributed by atoms with E-state index in [1.807, 2.05) is 18.2 Å². The van der Waals surface area contributed by atoms with Crippen molar-refractivity contribution in [1.82, 2.24) is 15.5 Å². The summed E-state index contributed by atoms with van der Waals surface area (Å²) in [6, 6.07) is 5.71. The molecule has 1 aliphatic rings. The minimum atomic E-state index is -0.0957. The number of likely N-dealkylation sites (tertiary alicyclic amines) is 1. The Labute approximate surface area is 150 Å². The number of ether oxygens (including phenoxy) is 2. The molecule has 25 heavy (non-hydrogen) atoms. The Bertz CT molecular complexity index is 531. The third-order valence-corrected chi connectivity index (χ3v) is 4.53. The molecule has 1 fully saturated rings. The molecule has 0 radical (unpaired) electrons. The van der Waals surface area contributed by atoms with E-state index in [1.165, 1.54) is 25.9 Å². The number of benzene rings is 1. The van der Waals surface area contributed by atoms with Gasteiger partial charge in [0.15, 0.2) is 11.5 Å². The number of hydrogen-bond donors (Lipinski definition) is 2. The van der Waals surface area contributed by atoms with Crippen LogP contribution in [0.5, 0.6) is 11.5 Å². The molecule has 1 heterocycles. The quantitative estimate of drug-likeness (QED) is 0.637. The fourth-order valence-electron chi connectivity index (χ4n) is 3.09. The van der Waals surface area contributed by atoms with Gasteiger partial charge in [0.1, 0.15) is 0 Å². The van der Waals surface area contributed by atoms with E-state index < -0.39 is 0 Å². The topological polar surface area (TPSA) is 62.8 Å². The summed E-state index contributed by atoms with van der Waals surface area (Å²) in [7, 11) is 3.24. The zero-order valence-electron chi connectivity index (χ0n) is 15.5. The van der Waals surface area contributed by atoms with E-state index in [0.717, 1.165) is 37.9 Å². The van der Waals surface area contributed by atoms with Crippen LogP contribution in [0, 0.1) is 0 Å². The van der Waals surface area contributed by atoms with Gasteiger partial charge in [0.05, 0.1) is 14.2 Å². The van der Waals surface area contributed by atoms with E-state index >= 15 is 0 Å². The fraction of sp³-hybridized carbons (Fsp3) is 0.632. The lowest BCUT2D eigenvalue weighted by Crippen LogP contribution is -2.37. The number of nitrogens with one attached hydrogen (secondary N) is 2. The van der Waals surface area contributed by atoms with Gasteiger partial charge in [0.25, 0.3) is 0 Å². The van der Waals surface area contributed by atoms with Gasteiger partial charge in [-0.15, -0.1) is 0 Å². The van der Waals surface area contributed by atoms with Crippen LogP contribution in [-0.4, -0.2) is 57.9 Å². The summed E-state index contributed by atoms with van der Waals surface area (Å²) in [4.78, 5) is 14.3. The molecule has 6 nitrogen and oxygen atoms in total. The van der Waals surface area contributed by atoms with E-state index in [0.29, 0.717) is 18.0 Å². The normalized spacial score (nSPS) is 14.3. The Morgan fingerprint density at radius 3 is 2.48 bits per heavy atom. The largest absolute Gasteiger partial charge is 0.493 e. The minimum Gasteiger partial charge on any atom is -0.493 e. The summed E-state index contributed by atoms with van der Waals surface area (Å²) in [6.45, 7) is 4.96. The van der Waals surface area contributed by atoms with Crippen molar-refractivity contribution in [2.75, 3.05) is 46.9 Å². The second kappa shape index (κ2) is 10.8. The number of unbranched alkanes of at least 4 members (excludes halogenated alkanes) is 1. The van der Waals surface area contributed by atoms with Crippen LogP contribution < -0.4 is 20.1 Å². The first-order chi connectivity index (χ1) is 12.2. The monoisotopic (exact) mass is 349 g/mol. The maximum Gasteiger partial charge on any atom is 0.314 e. The van der Waals surface area contributed by atoms with Gasteiger partial charge in [-0.25, -0.2) is 4.79 Å². The first-order valence-electron chi connectivity index (χ1n) is 9.18. The van der Waals surface area contributed by atoms with Crippen molar-refractivity contribution in [1.29, 1.82) is 0 Å². The SMILES string of the molecule is COc1ccc(CCNC(=O)NCCCCN2CCCC2)cc1OC. The van der Waals surface area contributed by atoms with Crippen LogP contribution in [0.1, 0.15) is 31.2 Å². The van der Waals surface area contributed by atoms with E-state index in [4.69, 9.17) is 9.47 Å². The molecule has 0 atom stereocenters. The van der Waals surface area contributed by atoms with Gasteiger partial charge in [-0.2, -0.15) is 0 Å². The Kier molecular flexibility index (Phi) is 8.39. The summed E-state index contributed by atoms with van der Waals surface area (Å²) < 4.78 is 10.5. The third kappa shape index (κ3) is 6.82. The van der Waals surface area contributed by atoms with Crippen LogP contribution in [0.3, 0.4) is 0 Å². The number of carbonyl (C=O) groups excluding carboxylic acids is 1. The standard InChI is InChI=1S/C19H31N3O3/c1-24-17-8-7-16(15-18(17)25-2)9-11-21-19(23)20-10-3-4-12-22-13-5-6-14-22/h7-8,15H,3-6,9-14H2,1-2H3,(H2,20,21,23). The Morgan fingerprint density at radius 2 is 1.76 bits per heavy atom. The molecule has 6 heteroatoms. The second-order valence-corrected chi connectivity index (χ2v) is 6.38. The highest BCUT2D eigenvalue weighted by molar-refractivity contribution is 5.73. The Hall–Kier alpha value is -1.95. The Morgan fingerprint density at radius 1 is 1.04 bits per heavy atom. The zero-order valence-corrected chi connectivity index (χ0v) is 15.5.